The zero-order chi connectivity index (χ0) is 14.5. The first-order valence-corrected chi connectivity index (χ1v) is 6.37. The number of carbonyl (C=O) groups is 1. The second kappa shape index (κ2) is 6.39. The largest absolute Gasteiger partial charge is 0.484 e. The second-order valence-electron chi connectivity index (χ2n) is 4.26. The highest BCUT2D eigenvalue weighted by Crippen LogP contribution is 2.20. The predicted octanol–water partition coefficient (Wildman–Crippen LogP) is 3.81. The number of halogens is 2. The summed E-state index contributed by atoms with van der Waals surface area (Å²) in [4.78, 5) is 11.7. The lowest BCUT2D eigenvalue weighted by molar-refractivity contribution is -0.118. The third-order valence-electron chi connectivity index (χ3n) is 2.62. The standard InChI is InChI=1S/C15H13ClFNO2/c1-10-5-6-12(8-14(10)16)18-15(19)9-20-13-4-2-3-11(17)7-13/h2-8H,9H2,1H3,(H,18,19). The molecule has 0 aliphatic rings. The van der Waals surface area contributed by atoms with Crippen LogP contribution in [0.1, 0.15) is 5.56 Å². The SMILES string of the molecule is Cc1ccc(NC(=O)COc2cccc(F)c2)cc1Cl. The van der Waals surface area contributed by atoms with Crippen LogP contribution in [0.5, 0.6) is 5.75 Å². The van der Waals surface area contributed by atoms with Crippen molar-refractivity contribution in [2.24, 2.45) is 0 Å². The fraction of sp³-hybridized carbons (Fsp3) is 0.133. The molecule has 0 bridgehead atoms. The number of hydrogen-bond donors (Lipinski definition) is 1. The number of hydrogen-bond acceptors (Lipinski definition) is 2. The number of ether oxygens (including phenoxy) is 1. The van der Waals surface area contributed by atoms with Gasteiger partial charge >= 0.3 is 0 Å². The molecule has 5 heteroatoms. The van der Waals surface area contributed by atoms with Crippen LogP contribution >= 0.6 is 11.6 Å². The van der Waals surface area contributed by atoms with E-state index in [0.29, 0.717) is 16.5 Å². The van der Waals surface area contributed by atoms with Crippen LogP contribution in [0.3, 0.4) is 0 Å². The third kappa shape index (κ3) is 3.96. The van der Waals surface area contributed by atoms with E-state index in [0.717, 1.165) is 5.56 Å². The topological polar surface area (TPSA) is 38.3 Å². The number of carbonyl (C=O) groups excluding carboxylic acids is 1. The Labute approximate surface area is 121 Å². The van der Waals surface area contributed by atoms with Crippen molar-refractivity contribution in [2.45, 2.75) is 6.92 Å². The molecule has 104 valence electrons. The van der Waals surface area contributed by atoms with Crippen LogP contribution in [-0.4, -0.2) is 12.5 Å². The van der Waals surface area contributed by atoms with Gasteiger partial charge in [0.1, 0.15) is 11.6 Å². The Balaban J connectivity index is 1.91. The van der Waals surface area contributed by atoms with Crippen molar-refractivity contribution >= 4 is 23.2 Å². The fourth-order valence-corrected chi connectivity index (χ4v) is 1.75. The van der Waals surface area contributed by atoms with Crippen LogP contribution in [-0.2, 0) is 4.79 Å². The summed E-state index contributed by atoms with van der Waals surface area (Å²) in [6, 6.07) is 10.8. The van der Waals surface area contributed by atoms with Crippen LogP contribution < -0.4 is 10.1 Å². The molecule has 0 spiro atoms. The first kappa shape index (κ1) is 14.3. The molecule has 0 saturated carbocycles. The van der Waals surface area contributed by atoms with Crippen molar-refractivity contribution in [1.29, 1.82) is 0 Å². The van der Waals surface area contributed by atoms with E-state index in [-0.39, 0.29) is 12.5 Å². The molecule has 20 heavy (non-hydrogen) atoms. The van der Waals surface area contributed by atoms with Crippen LogP contribution in [0.2, 0.25) is 5.02 Å². The summed E-state index contributed by atoms with van der Waals surface area (Å²) >= 11 is 5.96. The molecule has 2 rings (SSSR count). The van der Waals surface area contributed by atoms with Gasteiger partial charge in [-0.1, -0.05) is 23.7 Å². The van der Waals surface area contributed by atoms with E-state index in [1.807, 2.05) is 13.0 Å². The molecule has 0 heterocycles. The molecule has 0 fully saturated rings. The Morgan fingerprint density at radius 3 is 2.80 bits per heavy atom. The van der Waals surface area contributed by atoms with Crippen molar-refractivity contribution in [1.82, 2.24) is 0 Å². The summed E-state index contributed by atoms with van der Waals surface area (Å²) < 4.78 is 18.1. The van der Waals surface area contributed by atoms with E-state index < -0.39 is 5.82 Å². The Morgan fingerprint density at radius 2 is 2.10 bits per heavy atom. The maximum Gasteiger partial charge on any atom is 0.262 e. The molecule has 2 aromatic rings. The predicted molar refractivity (Wildman–Crippen MR) is 76.7 cm³/mol. The van der Waals surface area contributed by atoms with Gasteiger partial charge in [-0.05, 0) is 36.8 Å². The minimum absolute atomic E-state index is 0.199. The number of amides is 1. The van der Waals surface area contributed by atoms with Crippen molar-refractivity contribution in [3.8, 4) is 5.75 Å². The number of rotatable bonds is 4. The summed E-state index contributed by atoms with van der Waals surface area (Å²) in [7, 11) is 0. The fourth-order valence-electron chi connectivity index (χ4n) is 1.57. The van der Waals surface area contributed by atoms with Gasteiger partial charge in [0, 0.05) is 16.8 Å². The average Bonchev–Trinajstić information content (AvgIpc) is 2.41. The zero-order valence-electron chi connectivity index (χ0n) is 10.8. The molecule has 2 aromatic carbocycles. The molecular weight excluding hydrogens is 281 g/mol. The average molecular weight is 294 g/mol. The third-order valence-corrected chi connectivity index (χ3v) is 3.03. The van der Waals surface area contributed by atoms with Gasteiger partial charge in [0.2, 0.25) is 0 Å². The van der Waals surface area contributed by atoms with E-state index in [1.165, 1.54) is 18.2 Å². The van der Waals surface area contributed by atoms with Gasteiger partial charge in [-0.15, -0.1) is 0 Å². The molecule has 0 aliphatic heterocycles. The van der Waals surface area contributed by atoms with Crippen molar-refractivity contribution in [3.63, 3.8) is 0 Å². The molecule has 0 aliphatic carbocycles. The molecule has 1 amide bonds. The molecular formula is C15H13ClFNO2. The Hall–Kier alpha value is -2.07. The lowest BCUT2D eigenvalue weighted by Gasteiger charge is -2.08. The molecule has 0 radical (unpaired) electrons. The van der Waals surface area contributed by atoms with E-state index in [4.69, 9.17) is 16.3 Å². The first-order chi connectivity index (χ1) is 9.54. The Morgan fingerprint density at radius 1 is 1.30 bits per heavy atom. The molecule has 0 unspecified atom stereocenters. The smallest absolute Gasteiger partial charge is 0.262 e. The highest BCUT2D eigenvalue weighted by molar-refractivity contribution is 6.31. The van der Waals surface area contributed by atoms with Crippen LogP contribution in [0.15, 0.2) is 42.5 Å². The molecule has 1 N–H and O–H groups in total. The summed E-state index contributed by atoms with van der Waals surface area (Å²) in [5, 5.41) is 3.23. The molecule has 3 nitrogen and oxygen atoms in total. The zero-order valence-corrected chi connectivity index (χ0v) is 11.6. The molecule has 0 aromatic heterocycles. The normalized spacial score (nSPS) is 10.2. The van der Waals surface area contributed by atoms with Crippen molar-refractivity contribution in [2.75, 3.05) is 11.9 Å². The maximum atomic E-state index is 12.9. The summed E-state index contributed by atoms with van der Waals surface area (Å²) in [6.45, 7) is 1.68. The highest BCUT2D eigenvalue weighted by Gasteiger charge is 2.05. The number of benzene rings is 2. The first-order valence-electron chi connectivity index (χ1n) is 5.99. The van der Waals surface area contributed by atoms with Gasteiger partial charge in [0.05, 0.1) is 0 Å². The quantitative estimate of drug-likeness (QED) is 0.931. The number of aryl methyl sites for hydroxylation is 1. The lowest BCUT2D eigenvalue weighted by Crippen LogP contribution is -2.20. The Kier molecular flexibility index (Phi) is 4.58. The maximum absolute atomic E-state index is 12.9. The molecule has 0 saturated heterocycles. The number of nitrogens with one attached hydrogen (secondary N) is 1. The second-order valence-corrected chi connectivity index (χ2v) is 4.67. The van der Waals surface area contributed by atoms with E-state index in [9.17, 15) is 9.18 Å². The van der Waals surface area contributed by atoms with Gasteiger partial charge in [-0.2, -0.15) is 0 Å². The van der Waals surface area contributed by atoms with Gasteiger partial charge in [0.15, 0.2) is 6.61 Å². The highest BCUT2D eigenvalue weighted by atomic mass is 35.5. The minimum Gasteiger partial charge on any atom is -0.484 e. The van der Waals surface area contributed by atoms with Crippen LogP contribution in [0.25, 0.3) is 0 Å². The lowest BCUT2D eigenvalue weighted by atomic mass is 10.2. The number of anilines is 1. The summed E-state index contributed by atoms with van der Waals surface area (Å²) in [5.74, 6) is -0.440. The van der Waals surface area contributed by atoms with Gasteiger partial charge in [0.25, 0.3) is 5.91 Å². The van der Waals surface area contributed by atoms with E-state index in [1.54, 1.807) is 18.2 Å². The van der Waals surface area contributed by atoms with Gasteiger partial charge < -0.3 is 10.1 Å². The van der Waals surface area contributed by atoms with E-state index in [2.05, 4.69) is 5.32 Å². The van der Waals surface area contributed by atoms with Gasteiger partial charge in [-0.3, -0.25) is 4.79 Å². The van der Waals surface area contributed by atoms with E-state index >= 15 is 0 Å². The summed E-state index contributed by atoms with van der Waals surface area (Å²) in [6.07, 6.45) is 0. The van der Waals surface area contributed by atoms with Crippen LogP contribution in [0, 0.1) is 12.7 Å². The monoisotopic (exact) mass is 293 g/mol. The Bertz CT molecular complexity index is 631. The summed E-state index contributed by atoms with van der Waals surface area (Å²) in [5.41, 5.74) is 1.52. The van der Waals surface area contributed by atoms with Crippen LogP contribution in [0.4, 0.5) is 10.1 Å². The van der Waals surface area contributed by atoms with Crippen molar-refractivity contribution < 1.29 is 13.9 Å². The van der Waals surface area contributed by atoms with Crippen molar-refractivity contribution in [3.05, 3.63) is 58.9 Å². The molecule has 0 atom stereocenters. The minimum atomic E-state index is -0.409. The van der Waals surface area contributed by atoms with Gasteiger partial charge in [-0.25, -0.2) is 4.39 Å².